The number of nitrogens with one attached hydrogen (secondary N) is 1. The Labute approximate surface area is 114 Å². The number of fused-ring (bicyclic) bond motifs is 1. The molecule has 0 amide bonds. The number of piperidine rings is 1. The lowest BCUT2D eigenvalue weighted by atomic mass is 9.92. The van der Waals surface area contributed by atoms with E-state index in [1.165, 1.54) is 10.7 Å². The molecule has 108 valence electrons. The lowest BCUT2D eigenvalue weighted by Gasteiger charge is -2.21. The molecule has 20 heavy (non-hydrogen) atoms. The second kappa shape index (κ2) is 5.05. The van der Waals surface area contributed by atoms with E-state index in [9.17, 15) is 13.2 Å². The van der Waals surface area contributed by atoms with Gasteiger partial charge in [-0.2, -0.15) is 18.3 Å². The summed E-state index contributed by atoms with van der Waals surface area (Å²) in [5, 5.41) is 7.35. The molecule has 0 aromatic carbocycles. The average molecular weight is 284 g/mol. The van der Waals surface area contributed by atoms with E-state index in [0.29, 0.717) is 11.6 Å². The molecule has 1 aliphatic rings. The predicted molar refractivity (Wildman–Crippen MR) is 67.3 cm³/mol. The van der Waals surface area contributed by atoms with E-state index < -0.39 is 11.9 Å². The van der Waals surface area contributed by atoms with Crippen molar-refractivity contribution in [2.45, 2.75) is 25.4 Å². The number of hydrogen-bond donors (Lipinski definition) is 1. The van der Waals surface area contributed by atoms with Crippen molar-refractivity contribution in [3.05, 3.63) is 29.7 Å². The Balaban J connectivity index is 1.90. The van der Waals surface area contributed by atoms with Gasteiger partial charge >= 0.3 is 6.18 Å². The van der Waals surface area contributed by atoms with Crippen LogP contribution in [-0.2, 0) is 12.6 Å². The van der Waals surface area contributed by atoms with Crippen LogP contribution in [0.15, 0.2) is 18.5 Å². The first kappa shape index (κ1) is 13.4. The standard InChI is InChI=1S/C13H15F3N4/c14-13(15,16)11-3-6-20-12(19-11)10(8-18-20)7-9-1-4-17-5-2-9/h3,6,8-9,17H,1-2,4-5,7H2. The van der Waals surface area contributed by atoms with Crippen LogP contribution in [0.1, 0.15) is 24.1 Å². The minimum absolute atomic E-state index is 0.318. The SMILES string of the molecule is FC(F)(F)c1ccn2ncc(CC3CCNCC3)c2n1. The lowest BCUT2D eigenvalue weighted by Crippen LogP contribution is -2.28. The minimum atomic E-state index is -4.42. The molecule has 4 nitrogen and oxygen atoms in total. The van der Waals surface area contributed by atoms with Gasteiger partial charge in [-0.05, 0) is 44.3 Å². The van der Waals surface area contributed by atoms with E-state index in [2.05, 4.69) is 15.4 Å². The van der Waals surface area contributed by atoms with Crippen molar-refractivity contribution in [3.63, 3.8) is 0 Å². The van der Waals surface area contributed by atoms with E-state index in [4.69, 9.17) is 0 Å². The fourth-order valence-corrected chi connectivity index (χ4v) is 2.61. The van der Waals surface area contributed by atoms with Gasteiger partial charge in [0.05, 0.1) is 6.20 Å². The maximum atomic E-state index is 12.7. The first-order valence-corrected chi connectivity index (χ1v) is 6.65. The number of rotatable bonds is 2. The Kier molecular flexibility index (Phi) is 3.37. The molecular weight excluding hydrogens is 269 g/mol. The largest absolute Gasteiger partial charge is 0.433 e. The molecule has 3 heterocycles. The van der Waals surface area contributed by atoms with Gasteiger partial charge in [-0.15, -0.1) is 0 Å². The van der Waals surface area contributed by atoms with Crippen molar-refractivity contribution in [2.75, 3.05) is 13.1 Å². The van der Waals surface area contributed by atoms with Gasteiger partial charge in [0, 0.05) is 11.8 Å². The van der Waals surface area contributed by atoms with E-state index >= 15 is 0 Å². The first-order valence-electron chi connectivity index (χ1n) is 6.65. The fourth-order valence-electron chi connectivity index (χ4n) is 2.61. The van der Waals surface area contributed by atoms with Crippen molar-refractivity contribution in [1.29, 1.82) is 0 Å². The summed E-state index contributed by atoms with van der Waals surface area (Å²) in [7, 11) is 0. The molecule has 1 aliphatic heterocycles. The van der Waals surface area contributed by atoms with Crippen LogP contribution < -0.4 is 5.32 Å². The summed E-state index contributed by atoms with van der Waals surface area (Å²) in [6.45, 7) is 1.93. The summed E-state index contributed by atoms with van der Waals surface area (Å²) >= 11 is 0. The number of hydrogen-bond acceptors (Lipinski definition) is 3. The van der Waals surface area contributed by atoms with Crippen molar-refractivity contribution in [2.24, 2.45) is 5.92 Å². The summed E-state index contributed by atoms with van der Waals surface area (Å²) in [6.07, 6.45) is 1.34. The monoisotopic (exact) mass is 284 g/mol. The van der Waals surface area contributed by atoms with Gasteiger partial charge in [-0.1, -0.05) is 0 Å². The molecule has 0 bridgehead atoms. The summed E-state index contributed by atoms with van der Waals surface area (Å²) in [6, 6.07) is 0.953. The highest BCUT2D eigenvalue weighted by Gasteiger charge is 2.33. The van der Waals surface area contributed by atoms with Crippen molar-refractivity contribution < 1.29 is 13.2 Å². The molecule has 0 saturated carbocycles. The molecule has 2 aromatic rings. The molecule has 2 aromatic heterocycles. The Morgan fingerprint density at radius 3 is 2.75 bits per heavy atom. The van der Waals surface area contributed by atoms with Gasteiger partial charge in [0.2, 0.25) is 0 Å². The molecule has 1 fully saturated rings. The van der Waals surface area contributed by atoms with Crippen LogP contribution in [0.4, 0.5) is 13.2 Å². The average Bonchev–Trinajstić information content (AvgIpc) is 2.82. The minimum Gasteiger partial charge on any atom is -0.317 e. The van der Waals surface area contributed by atoms with Crippen molar-refractivity contribution in [3.8, 4) is 0 Å². The topological polar surface area (TPSA) is 42.2 Å². The van der Waals surface area contributed by atoms with Gasteiger partial charge in [-0.3, -0.25) is 0 Å². The highest BCUT2D eigenvalue weighted by Crippen LogP contribution is 2.28. The number of aromatic nitrogens is 3. The Morgan fingerprint density at radius 1 is 1.30 bits per heavy atom. The van der Waals surface area contributed by atoms with Crippen LogP contribution in [0.2, 0.25) is 0 Å². The van der Waals surface area contributed by atoms with Gasteiger partial charge in [0.25, 0.3) is 0 Å². The zero-order valence-corrected chi connectivity index (χ0v) is 10.8. The predicted octanol–water partition coefficient (Wildman–Crippen LogP) is 2.29. The van der Waals surface area contributed by atoms with E-state index in [0.717, 1.165) is 44.0 Å². The maximum Gasteiger partial charge on any atom is 0.433 e. The quantitative estimate of drug-likeness (QED) is 0.920. The molecule has 1 N–H and O–H groups in total. The number of nitrogens with zero attached hydrogens (tertiary/aromatic N) is 3. The molecule has 0 spiro atoms. The van der Waals surface area contributed by atoms with Crippen LogP contribution in [0.5, 0.6) is 0 Å². The molecule has 0 radical (unpaired) electrons. The van der Waals surface area contributed by atoms with Crippen LogP contribution in [0.25, 0.3) is 5.65 Å². The second-order valence-electron chi connectivity index (χ2n) is 5.15. The third-order valence-corrected chi connectivity index (χ3v) is 3.70. The van der Waals surface area contributed by atoms with Crippen LogP contribution in [0.3, 0.4) is 0 Å². The molecule has 0 aliphatic carbocycles. The molecule has 0 atom stereocenters. The molecule has 1 saturated heterocycles. The number of halogens is 3. The third kappa shape index (κ3) is 2.63. The summed E-state index contributed by atoms with van der Waals surface area (Å²) in [5.74, 6) is 0.487. The molecule has 0 unspecified atom stereocenters. The molecule has 3 rings (SSSR count). The molecular formula is C13H15F3N4. The lowest BCUT2D eigenvalue weighted by molar-refractivity contribution is -0.141. The molecule has 7 heteroatoms. The summed E-state index contributed by atoms with van der Waals surface area (Å²) in [4.78, 5) is 3.73. The second-order valence-corrected chi connectivity index (χ2v) is 5.15. The van der Waals surface area contributed by atoms with Crippen molar-refractivity contribution >= 4 is 5.65 Å². The van der Waals surface area contributed by atoms with Crippen LogP contribution in [-0.4, -0.2) is 27.7 Å². The highest BCUT2D eigenvalue weighted by molar-refractivity contribution is 5.47. The third-order valence-electron chi connectivity index (χ3n) is 3.70. The van der Waals surface area contributed by atoms with E-state index in [-0.39, 0.29) is 0 Å². The zero-order valence-electron chi connectivity index (χ0n) is 10.8. The number of alkyl halides is 3. The highest BCUT2D eigenvalue weighted by atomic mass is 19.4. The van der Waals surface area contributed by atoms with Gasteiger partial charge in [0.15, 0.2) is 5.65 Å². The van der Waals surface area contributed by atoms with Crippen LogP contribution in [0, 0.1) is 5.92 Å². The summed E-state index contributed by atoms with van der Waals surface area (Å²) < 4.78 is 39.5. The Hall–Kier alpha value is -1.63. The van der Waals surface area contributed by atoms with E-state index in [1.807, 2.05) is 0 Å². The maximum absolute atomic E-state index is 12.7. The van der Waals surface area contributed by atoms with Gasteiger partial charge in [0.1, 0.15) is 5.69 Å². The Morgan fingerprint density at radius 2 is 2.05 bits per heavy atom. The smallest absolute Gasteiger partial charge is 0.317 e. The zero-order chi connectivity index (χ0) is 14.2. The van der Waals surface area contributed by atoms with Crippen molar-refractivity contribution in [1.82, 2.24) is 19.9 Å². The van der Waals surface area contributed by atoms with Crippen LogP contribution >= 0.6 is 0 Å². The van der Waals surface area contributed by atoms with Gasteiger partial charge < -0.3 is 5.32 Å². The summed E-state index contributed by atoms with van der Waals surface area (Å²) in [5.41, 5.74) is 0.249. The Bertz CT molecular complexity index is 599. The fraction of sp³-hybridized carbons (Fsp3) is 0.538. The first-order chi connectivity index (χ1) is 9.54. The van der Waals surface area contributed by atoms with E-state index in [1.54, 1.807) is 6.20 Å². The normalized spacial score (nSPS) is 17.8. The van der Waals surface area contributed by atoms with Gasteiger partial charge in [-0.25, -0.2) is 9.50 Å².